The summed E-state index contributed by atoms with van der Waals surface area (Å²) in [6.07, 6.45) is 0. The van der Waals surface area contributed by atoms with Gasteiger partial charge >= 0.3 is 5.00 Å². The molecule has 0 aliphatic heterocycles. The lowest BCUT2D eigenvalue weighted by Crippen LogP contribution is -2.17. The number of carbonyl (C=O) groups excluding carboxylic acids is 1. The number of pyridine rings is 1. The van der Waals surface area contributed by atoms with Crippen molar-refractivity contribution < 1.29 is 14.1 Å². The number of fused-ring (bicyclic) bond motifs is 1. The zero-order valence-corrected chi connectivity index (χ0v) is 15.9. The maximum Gasteiger partial charge on any atom is 0.337 e. The number of nitrogens with zero attached hydrogens (tertiary/aromatic N) is 2. The van der Waals surface area contributed by atoms with Gasteiger partial charge in [0.25, 0.3) is 5.56 Å². The molecule has 2 aromatic heterocycles. The maximum atomic E-state index is 14.4. The first-order valence-electron chi connectivity index (χ1n) is 8.57. The van der Waals surface area contributed by atoms with Crippen LogP contribution < -0.4 is 5.56 Å². The summed E-state index contributed by atoms with van der Waals surface area (Å²) >= 11 is 0.680. The largest absolute Gasteiger partial charge is 0.337 e. The van der Waals surface area contributed by atoms with E-state index in [0.717, 1.165) is 10.1 Å². The van der Waals surface area contributed by atoms with Gasteiger partial charge in [0.1, 0.15) is 16.2 Å². The van der Waals surface area contributed by atoms with Crippen molar-refractivity contribution in [1.29, 1.82) is 0 Å². The van der Waals surface area contributed by atoms with Crippen LogP contribution in [0, 0.1) is 22.9 Å². The van der Waals surface area contributed by atoms with Crippen LogP contribution in [0.2, 0.25) is 0 Å². The molecule has 4 rings (SSSR count). The molecule has 0 bridgehead atoms. The smallest absolute Gasteiger partial charge is 0.288 e. The lowest BCUT2D eigenvalue weighted by Gasteiger charge is -2.08. The Balaban J connectivity index is 2.06. The Hall–Kier alpha value is -3.65. The van der Waals surface area contributed by atoms with Gasteiger partial charge in [-0.25, -0.2) is 4.39 Å². The van der Waals surface area contributed by atoms with E-state index in [1.54, 1.807) is 24.3 Å². The number of carbonyl (C=O) groups is 1. The molecule has 0 atom stereocenters. The minimum absolute atomic E-state index is 0.0335. The molecule has 8 heteroatoms. The molecule has 2 heterocycles. The van der Waals surface area contributed by atoms with E-state index < -0.39 is 22.1 Å². The quantitative estimate of drug-likeness (QED) is 0.280. The summed E-state index contributed by atoms with van der Waals surface area (Å²) in [6, 6.07) is 14.9. The molecule has 144 valence electrons. The number of aromatic nitrogens is 1. The average molecular weight is 408 g/mol. The molecule has 0 aliphatic carbocycles. The summed E-state index contributed by atoms with van der Waals surface area (Å²) in [5.74, 6) is -1.17. The molecule has 2 aromatic carbocycles. The van der Waals surface area contributed by atoms with Crippen molar-refractivity contribution in [3.8, 4) is 5.69 Å². The van der Waals surface area contributed by atoms with Gasteiger partial charge in [-0.2, -0.15) is 0 Å². The van der Waals surface area contributed by atoms with Gasteiger partial charge in [0.2, 0.25) is 5.78 Å². The van der Waals surface area contributed by atoms with Crippen molar-refractivity contribution in [3.63, 3.8) is 0 Å². The van der Waals surface area contributed by atoms with Gasteiger partial charge in [-0.05, 0) is 42.5 Å². The molecule has 0 spiro atoms. The first-order valence-corrected chi connectivity index (χ1v) is 9.39. The van der Waals surface area contributed by atoms with Crippen LogP contribution in [0.3, 0.4) is 0 Å². The van der Waals surface area contributed by atoms with Gasteiger partial charge < -0.3 is 0 Å². The Morgan fingerprint density at radius 3 is 2.55 bits per heavy atom. The van der Waals surface area contributed by atoms with E-state index in [0.29, 0.717) is 16.9 Å². The van der Waals surface area contributed by atoms with E-state index in [4.69, 9.17) is 0 Å². The number of para-hydroxylation sites is 1. The zero-order valence-electron chi connectivity index (χ0n) is 15.1. The highest BCUT2D eigenvalue weighted by atomic mass is 32.1. The Bertz CT molecular complexity index is 1360. The number of hydrogen-bond acceptors (Lipinski definition) is 5. The Morgan fingerprint density at radius 2 is 1.86 bits per heavy atom. The molecule has 0 amide bonds. The highest BCUT2D eigenvalue weighted by Crippen LogP contribution is 2.39. The second-order valence-corrected chi connectivity index (χ2v) is 7.39. The van der Waals surface area contributed by atoms with Gasteiger partial charge in [0.05, 0.1) is 10.6 Å². The zero-order chi connectivity index (χ0) is 20.7. The Labute approximate surface area is 167 Å². The number of ketones is 1. The lowest BCUT2D eigenvalue weighted by molar-refractivity contribution is -0.380. The number of aryl methyl sites for hydroxylation is 1. The fraction of sp³-hybridized carbons (Fsp3) is 0.0476. The van der Waals surface area contributed by atoms with E-state index in [1.807, 2.05) is 13.0 Å². The molecule has 0 saturated heterocycles. The summed E-state index contributed by atoms with van der Waals surface area (Å²) in [4.78, 5) is 36.8. The third kappa shape index (κ3) is 3.13. The third-order valence-electron chi connectivity index (χ3n) is 4.49. The van der Waals surface area contributed by atoms with Crippen LogP contribution in [0.5, 0.6) is 0 Å². The van der Waals surface area contributed by atoms with Gasteiger partial charge in [-0.3, -0.25) is 24.3 Å². The molecule has 4 aromatic rings. The minimum Gasteiger partial charge on any atom is -0.288 e. The van der Waals surface area contributed by atoms with Crippen LogP contribution in [0.4, 0.5) is 9.39 Å². The van der Waals surface area contributed by atoms with E-state index >= 15 is 0 Å². The fourth-order valence-electron chi connectivity index (χ4n) is 3.21. The second kappa shape index (κ2) is 7.06. The second-order valence-electron chi connectivity index (χ2n) is 6.42. The molecule has 0 N–H and O–H groups in total. The molecule has 6 nitrogen and oxygen atoms in total. The van der Waals surface area contributed by atoms with E-state index in [2.05, 4.69) is 0 Å². The predicted molar refractivity (Wildman–Crippen MR) is 109 cm³/mol. The molecule has 0 saturated carbocycles. The van der Waals surface area contributed by atoms with E-state index in [1.165, 1.54) is 30.3 Å². The molecule has 0 radical (unpaired) electrons. The van der Waals surface area contributed by atoms with Gasteiger partial charge in [-0.15, -0.1) is 0 Å². The normalized spacial score (nSPS) is 11.0. The molecular weight excluding hydrogens is 395 g/mol. The molecule has 0 unspecified atom stereocenters. The van der Waals surface area contributed by atoms with E-state index in [9.17, 15) is 24.1 Å². The number of benzene rings is 2. The minimum atomic E-state index is -0.649. The van der Waals surface area contributed by atoms with Gasteiger partial charge in [-0.1, -0.05) is 35.9 Å². The van der Waals surface area contributed by atoms with E-state index in [-0.39, 0.29) is 26.5 Å². The third-order valence-corrected chi connectivity index (χ3v) is 5.63. The lowest BCUT2D eigenvalue weighted by atomic mass is 10.0. The molecule has 29 heavy (non-hydrogen) atoms. The summed E-state index contributed by atoms with van der Waals surface area (Å²) in [5.41, 5.74) is 0.450. The topological polar surface area (TPSA) is 82.2 Å². The van der Waals surface area contributed by atoms with Crippen molar-refractivity contribution in [2.45, 2.75) is 6.92 Å². The number of hydrogen-bond donors (Lipinski definition) is 0. The summed E-state index contributed by atoms with van der Waals surface area (Å²) < 4.78 is 15.4. The molecular formula is C21H13FN2O4S. The van der Waals surface area contributed by atoms with Crippen LogP contribution in [-0.2, 0) is 0 Å². The number of halogens is 1. The van der Waals surface area contributed by atoms with Crippen molar-refractivity contribution >= 4 is 32.3 Å². The fourth-order valence-corrected chi connectivity index (χ4v) is 4.33. The predicted octanol–water partition coefficient (Wildman–Crippen LogP) is 4.64. The highest BCUT2D eigenvalue weighted by Gasteiger charge is 2.30. The number of thiophene rings is 1. The molecule has 0 aliphatic rings. The number of nitro groups is 1. The van der Waals surface area contributed by atoms with Crippen molar-refractivity contribution in [3.05, 3.63) is 104 Å². The summed E-state index contributed by atoms with van der Waals surface area (Å²) in [5, 5.41) is 11.5. The standard InChI is InChI=1S/C21H13FN2O4S/c1-12-5-4-6-13(11-12)19(26)18-14-9-10-17(25)23(16-8-3-2-7-15(16)22)20(14)29-21(18)24(27)28/h2-11H,1H3. The average Bonchev–Trinajstić information content (AvgIpc) is 3.08. The van der Waals surface area contributed by atoms with Crippen molar-refractivity contribution in [1.82, 2.24) is 4.57 Å². The monoisotopic (exact) mass is 408 g/mol. The van der Waals surface area contributed by atoms with Crippen LogP contribution in [0.1, 0.15) is 21.5 Å². The van der Waals surface area contributed by atoms with Crippen LogP contribution in [-0.4, -0.2) is 15.3 Å². The van der Waals surface area contributed by atoms with Crippen molar-refractivity contribution in [2.75, 3.05) is 0 Å². The van der Waals surface area contributed by atoms with Gasteiger partial charge in [0, 0.05) is 17.0 Å². The summed E-state index contributed by atoms with van der Waals surface area (Å²) in [7, 11) is 0. The first-order chi connectivity index (χ1) is 13.9. The summed E-state index contributed by atoms with van der Waals surface area (Å²) in [6.45, 7) is 1.81. The Kier molecular flexibility index (Phi) is 4.56. The van der Waals surface area contributed by atoms with Crippen LogP contribution >= 0.6 is 11.3 Å². The maximum absolute atomic E-state index is 14.4. The molecule has 0 fully saturated rings. The SMILES string of the molecule is Cc1cccc(C(=O)c2c([N+](=O)[O-])sc3c2ccc(=O)n3-c2ccccc2F)c1. The highest BCUT2D eigenvalue weighted by molar-refractivity contribution is 7.22. The van der Waals surface area contributed by atoms with Crippen LogP contribution in [0.25, 0.3) is 15.9 Å². The first kappa shape index (κ1) is 18.7. The number of rotatable bonds is 4. The van der Waals surface area contributed by atoms with Crippen LogP contribution in [0.15, 0.2) is 65.5 Å². The Morgan fingerprint density at radius 1 is 1.10 bits per heavy atom. The van der Waals surface area contributed by atoms with Gasteiger partial charge in [0.15, 0.2) is 0 Å². The van der Waals surface area contributed by atoms with Crippen molar-refractivity contribution in [2.24, 2.45) is 0 Å².